The summed E-state index contributed by atoms with van der Waals surface area (Å²) in [5, 5.41) is 9.37. The summed E-state index contributed by atoms with van der Waals surface area (Å²) >= 11 is 0. The van der Waals surface area contributed by atoms with Crippen molar-refractivity contribution < 1.29 is 24.2 Å². The lowest BCUT2D eigenvalue weighted by atomic mass is 9.98. The molecule has 0 unspecified atom stereocenters. The Hall–Kier alpha value is -2.24. The average Bonchev–Trinajstić information content (AvgIpc) is 2.56. The van der Waals surface area contributed by atoms with E-state index in [-0.39, 0.29) is 12.6 Å². The van der Waals surface area contributed by atoms with E-state index in [2.05, 4.69) is 0 Å². The van der Waals surface area contributed by atoms with Crippen LogP contribution in [0.25, 0.3) is 0 Å². The molecule has 1 saturated carbocycles. The highest BCUT2D eigenvalue weighted by Crippen LogP contribution is 2.25. The van der Waals surface area contributed by atoms with Crippen LogP contribution in [0.4, 0.5) is 4.79 Å². The number of rotatable bonds is 5. The lowest BCUT2D eigenvalue weighted by Gasteiger charge is -2.39. The van der Waals surface area contributed by atoms with Crippen molar-refractivity contribution in [3.8, 4) is 5.75 Å². The predicted octanol–water partition coefficient (Wildman–Crippen LogP) is 3.19. The first kappa shape index (κ1) is 16.6. The third-order valence-corrected chi connectivity index (χ3v) is 4.70. The fourth-order valence-electron chi connectivity index (χ4n) is 3.35. The molecule has 3 rings (SSSR count). The molecule has 2 atom stereocenters. The summed E-state index contributed by atoms with van der Waals surface area (Å²) in [6, 6.07) is 6.71. The molecule has 1 N–H and O–H groups in total. The maximum atomic E-state index is 11.5. The van der Waals surface area contributed by atoms with Crippen LogP contribution < -0.4 is 4.74 Å². The Morgan fingerprint density at radius 3 is 2.46 bits per heavy atom. The number of nitrogens with zero attached hydrogens (tertiary/aromatic N) is 1. The van der Waals surface area contributed by atoms with Gasteiger partial charge in [0.2, 0.25) is 0 Å². The van der Waals surface area contributed by atoms with Crippen molar-refractivity contribution in [3.63, 3.8) is 0 Å². The zero-order valence-corrected chi connectivity index (χ0v) is 13.8. The maximum Gasteiger partial charge on any atom is 0.408 e. The molecule has 24 heavy (non-hydrogen) atoms. The van der Waals surface area contributed by atoms with Gasteiger partial charge in [0.1, 0.15) is 11.9 Å². The number of esters is 1. The van der Waals surface area contributed by atoms with Crippen molar-refractivity contribution in [1.82, 2.24) is 4.90 Å². The van der Waals surface area contributed by atoms with Gasteiger partial charge in [-0.25, -0.2) is 9.59 Å². The number of hydrogen-bond donors (Lipinski definition) is 1. The van der Waals surface area contributed by atoms with Gasteiger partial charge < -0.3 is 14.6 Å². The lowest BCUT2D eigenvalue weighted by molar-refractivity contribution is -0.183. The first-order valence-corrected chi connectivity index (χ1v) is 8.50. The molecule has 1 heterocycles. The fraction of sp³-hybridized carbons (Fsp3) is 0.556. The van der Waals surface area contributed by atoms with E-state index in [0.29, 0.717) is 0 Å². The van der Waals surface area contributed by atoms with Crippen LogP contribution in [0.3, 0.4) is 0 Å². The van der Waals surface area contributed by atoms with E-state index in [1.807, 2.05) is 24.3 Å². The number of benzene rings is 1. The van der Waals surface area contributed by atoms with Gasteiger partial charge >= 0.3 is 12.1 Å². The molecular weight excluding hydrogens is 310 g/mol. The van der Waals surface area contributed by atoms with Crippen LogP contribution in [-0.4, -0.2) is 40.3 Å². The molecule has 6 heteroatoms. The Morgan fingerprint density at radius 2 is 1.92 bits per heavy atom. The lowest BCUT2D eigenvalue weighted by Crippen LogP contribution is -2.59. The van der Waals surface area contributed by atoms with Crippen molar-refractivity contribution in [2.75, 3.05) is 0 Å². The topological polar surface area (TPSA) is 76.1 Å². The van der Waals surface area contributed by atoms with Gasteiger partial charge in [-0.05, 0) is 50.3 Å². The first-order chi connectivity index (χ1) is 11.5. The number of hydrogen-bond acceptors (Lipinski definition) is 4. The standard InChI is InChI=1S/C18H23NO5/c1-12-16(17(20)23-12)19(18(21)22)11-13-7-9-15(10-8-13)24-14-5-3-2-4-6-14/h7-10,12,14,16H,2-6,11H2,1H3,(H,21,22)/t12-,16+/m0/s1. The third kappa shape index (κ3) is 3.63. The predicted molar refractivity (Wildman–Crippen MR) is 86.9 cm³/mol. The van der Waals surface area contributed by atoms with Crippen LogP contribution in [0.5, 0.6) is 5.75 Å². The van der Waals surface area contributed by atoms with E-state index in [1.165, 1.54) is 19.3 Å². The number of carboxylic acid groups (broad SMARTS) is 1. The van der Waals surface area contributed by atoms with Crippen molar-refractivity contribution in [2.45, 2.75) is 63.8 Å². The Kier molecular flexibility index (Phi) is 4.92. The molecule has 0 bridgehead atoms. The van der Waals surface area contributed by atoms with E-state index in [4.69, 9.17) is 9.47 Å². The summed E-state index contributed by atoms with van der Waals surface area (Å²) in [4.78, 5) is 24.1. The number of ether oxygens (including phenoxy) is 2. The SMILES string of the molecule is C[C@@H]1OC(=O)[C@@H]1N(Cc1ccc(OC2CCCCC2)cc1)C(=O)O. The van der Waals surface area contributed by atoms with Crippen molar-refractivity contribution in [1.29, 1.82) is 0 Å². The normalized spacial score (nSPS) is 24.0. The minimum atomic E-state index is -1.12. The molecular formula is C18H23NO5. The van der Waals surface area contributed by atoms with E-state index in [1.54, 1.807) is 6.92 Å². The van der Waals surface area contributed by atoms with Gasteiger partial charge in [0.05, 0.1) is 12.6 Å². The van der Waals surface area contributed by atoms with Gasteiger partial charge in [0.25, 0.3) is 0 Å². The molecule has 0 radical (unpaired) electrons. The molecule has 1 amide bonds. The summed E-state index contributed by atoms with van der Waals surface area (Å²) in [6.07, 6.45) is 4.66. The van der Waals surface area contributed by atoms with E-state index in [0.717, 1.165) is 29.1 Å². The van der Waals surface area contributed by atoms with Crippen LogP contribution >= 0.6 is 0 Å². The van der Waals surface area contributed by atoms with E-state index >= 15 is 0 Å². The van der Waals surface area contributed by atoms with Crippen LogP contribution in [0.2, 0.25) is 0 Å². The molecule has 1 aliphatic carbocycles. The van der Waals surface area contributed by atoms with E-state index in [9.17, 15) is 14.7 Å². The number of carbonyl (C=O) groups is 2. The third-order valence-electron chi connectivity index (χ3n) is 4.70. The molecule has 1 aliphatic heterocycles. The molecule has 1 aromatic carbocycles. The average molecular weight is 333 g/mol. The van der Waals surface area contributed by atoms with Gasteiger partial charge in [-0.15, -0.1) is 0 Å². The summed E-state index contributed by atoms with van der Waals surface area (Å²) in [5.74, 6) is 0.325. The molecule has 1 saturated heterocycles. The summed E-state index contributed by atoms with van der Waals surface area (Å²) in [7, 11) is 0. The summed E-state index contributed by atoms with van der Waals surface area (Å²) in [6.45, 7) is 1.85. The van der Waals surface area contributed by atoms with Gasteiger partial charge in [-0.2, -0.15) is 0 Å². The highest BCUT2D eigenvalue weighted by Gasteiger charge is 2.45. The van der Waals surface area contributed by atoms with Crippen molar-refractivity contribution >= 4 is 12.1 Å². The summed E-state index contributed by atoms with van der Waals surface area (Å²) in [5.41, 5.74) is 0.820. The number of carbonyl (C=O) groups excluding carboxylic acids is 1. The molecule has 2 aliphatic rings. The van der Waals surface area contributed by atoms with Crippen LogP contribution in [0, 0.1) is 0 Å². The van der Waals surface area contributed by atoms with Gasteiger partial charge in [-0.1, -0.05) is 18.6 Å². The molecule has 0 spiro atoms. The summed E-state index contributed by atoms with van der Waals surface area (Å²) < 4.78 is 10.8. The van der Waals surface area contributed by atoms with Crippen LogP contribution in [-0.2, 0) is 16.1 Å². The zero-order chi connectivity index (χ0) is 17.1. The Morgan fingerprint density at radius 1 is 1.25 bits per heavy atom. The maximum absolute atomic E-state index is 11.5. The van der Waals surface area contributed by atoms with Gasteiger partial charge in [0.15, 0.2) is 6.04 Å². The first-order valence-electron chi connectivity index (χ1n) is 8.50. The smallest absolute Gasteiger partial charge is 0.408 e. The molecule has 6 nitrogen and oxygen atoms in total. The Bertz CT molecular complexity index is 594. The van der Waals surface area contributed by atoms with Crippen molar-refractivity contribution in [3.05, 3.63) is 29.8 Å². The quantitative estimate of drug-likeness (QED) is 0.838. The van der Waals surface area contributed by atoms with Crippen LogP contribution in [0.15, 0.2) is 24.3 Å². The zero-order valence-electron chi connectivity index (χ0n) is 13.8. The largest absolute Gasteiger partial charge is 0.490 e. The van der Waals surface area contributed by atoms with Gasteiger partial charge in [0, 0.05) is 0 Å². The highest BCUT2D eigenvalue weighted by molar-refractivity contribution is 5.85. The second kappa shape index (κ2) is 7.11. The monoisotopic (exact) mass is 333 g/mol. The number of cyclic esters (lactones) is 1. The number of amides is 1. The van der Waals surface area contributed by atoms with Crippen molar-refractivity contribution in [2.24, 2.45) is 0 Å². The Labute approximate surface area is 141 Å². The molecule has 130 valence electrons. The molecule has 2 fully saturated rings. The van der Waals surface area contributed by atoms with Gasteiger partial charge in [-0.3, -0.25) is 4.90 Å². The minimum Gasteiger partial charge on any atom is -0.490 e. The van der Waals surface area contributed by atoms with E-state index < -0.39 is 24.2 Å². The second-order valence-corrected chi connectivity index (χ2v) is 6.52. The highest BCUT2D eigenvalue weighted by atomic mass is 16.6. The molecule has 0 aromatic heterocycles. The fourth-order valence-corrected chi connectivity index (χ4v) is 3.35. The second-order valence-electron chi connectivity index (χ2n) is 6.52. The molecule has 1 aromatic rings. The minimum absolute atomic E-state index is 0.156. The Balaban J connectivity index is 1.61. The van der Waals surface area contributed by atoms with Crippen LogP contribution in [0.1, 0.15) is 44.6 Å².